The average molecular weight is 630 g/mol. The van der Waals surface area contributed by atoms with E-state index in [2.05, 4.69) is 16.4 Å². The van der Waals surface area contributed by atoms with Gasteiger partial charge in [-0.1, -0.05) is 24.3 Å². The number of Topliss-reactive ketones (excluding diaryl/α,β-unsaturated/α-hetero) is 1. The predicted octanol–water partition coefficient (Wildman–Crippen LogP) is 5.44. The van der Waals surface area contributed by atoms with Crippen molar-refractivity contribution in [1.82, 2.24) is 9.29 Å². The summed E-state index contributed by atoms with van der Waals surface area (Å²) in [6.45, 7) is 1.98. The minimum absolute atomic E-state index is 0.00643. The van der Waals surface area contributed by atoms with Crippen LogP contribution in [0.5, 0.6) is 11.5 Å². The Bertz CT molecular complexity index is 1940. The molecule has 3 aromatic carbocycles. The molecular formula is C32H31N5O7S. The molecule has 13 heteroatoms. The third-order valence-electron chi connectivity index (χ3n) is 7.54. The Morgan fingerprint density at radius 3 is 2.67 bits per heavy atom. The summed E-state index contributed by atoms with van der Waals surface area (Å²) in [5, 5.41) is 25.6. The second-order valence-electron chi connectivity index (χ2n) is 10.6. The molecule has 0 aliphatic carbocycles. The van der Waals surface area contributed by atoms with Crippen molar-refractivity contribution in [2.24, 2.45) is 0 Å². The van der Waals surface area contributed by atoms with Crippen molar-refractivity contribution < 1.29 is 27.6 Å². The molecule has 0 saturated heterocycles. The van der Waals surface area contributed by atoms with Gasteiger partial charge < -0.3 is 14.8 Å². The number of aromatic nitrogens is 1. The van der Waals surface area contributed by atoms with Gasteiger partial charge in [0.1, 0.15) is 11.9 Å². The molecule has 0 spiro atoms. The number of pyridine rings is 1. The quantitative estimate of drug-likeness (QED) is 0.227. The normalized spacial score (nSPS) is 14.9. The van der Waals surface area contributed by atoms with Gasteiger partial charge in [0.05, 0.1) is 35.4 Å². The van der Waals surface area contributed by atoms with Gasteiger partial charge in [0.2, 0.25) is 10.0 Å². The SMILES string of the molecule is COc1cc2ncc(C#N)c3c2cc1OCCCN(S(=O)(=O)c1ccccc1[N+](=O)[O-])CCCC(=O)Cc1ccc(C)cc1N3. The number of fused-ring (bicyclic) bond motifs is 2. The van der Waals surface area contributed by atoms with Gasteiger partial charge in [-0.05, 0) is 49.1 Å². The third-order valence-corrected chi connectivity index (χ3v) is 9.48. The number of nitro benzene ring substituents is 1. The molecule has 4 aromatic rings. The summed E-state index contributed by atoms with van der Waals surface area (Å²) >= 11 is 0. The van der Waals surface area contributed by atoms with Crippen LogP contribution in [0, 0.1) is 28.4 Å². The maximum absolute atomic E-state index is 13.7. The zero-order chi connectivity index (χ0) is 32.1. The molecule has 2 heterocycles. The van der Waals surface area contributed by atoms with Crippen LogP contribution >= 0.6 is 0 Å². The summed E-state index contributed by atoms with van der Waals surface area (Å²) in [7, 11) is -2.79. The Morgan fingerprint density at radius 2 is 1.91 bits per heavy atom. The molecule has 1 aromatic heterocycles. The molecular weight excluding hydrogens is 598 g/mol. The average Bonchev–Trinajstić information content (AvgIpc) is 3.02. The molecule has 1 N–H and O–H groups in total. The minimum Gasteiger partial charge on any atom is -0.493 e. The van der Waals surface area contributed by atoms with Crippen molar-refractivity contribution in [3.63, 3.8) is 0 Å². The number of aryl methyl sites for hydroxylation is 1. The zero-order valence-corrected chi connectivity index (χ0v) is 25.6. The van der Waals surface area contributed by atoms with Gasteiger partial charge in [-0.15, -0.1) is 0 Å². The van der Waals surface area contributed by atoms with Crippen LogP contribution in [0.2, 0.25) is 0 Å². The molecule has 0 radical (unpaired) electrons. The van der Waals surface area contributed by atoms with Gasteiger partial charge in [0.15, 0.2) is 16.4 Å². The second kappa shape index (κ2) is 13.3. The second-order valence-corrected chi connectivity index (χ2v) is 12.5. The number of hydrogen-bond acceptors (Lipinski definition) is 10. The highest BCUT2D eigenvalue weighted by molar-refractivity contribution is 7.89. The van der Waals surface area contributed by atoms with E-state index in [0.717, 1.165) is 11.6 Å². The van der Waals surface area contributed by atoms with E-state index in [1.807, 2.05) is 25.1 Å². The fourth-order valence-electron chi connectivity index (χ4n) is 5.28. The van der Waals surface area contributed by atoms with Crippen molar-refractivity contribution in [2.45, 2.75) is 37.5 Å². The molecule has 0 saturated carbocycles. The highest BCUT2D eigenvalue weighted by atomic mass is 32.2. The molecule has 232 valence electrons. The smallest absolute Gasteiger partial charge is 0.289 e. The largest absolute Gasteiger partial charge is 0.493 e. The molecule has 0 unspecified atom stereocenters. The predicted molar refractivity (Wildman–Crippen MR) is 167 cm³/mol. The Hall–Kier alpha value is -5.06. The van der Waals surface area contributed by atoms with Crippen molar-refractivity contribution in [3.8, 4) is 17.6 Å². The number of ketones is 1. The van der Waals surface area contributed by atoms with E-state index < -0.39 is 25.5 Å². The van der Waals surface area contributed by atoms with Crippen LogP contribution in [0.3, 0.4) is 0 Å². The first kappa shape index (κ1) is 31.4. The number of nitrogens with one attached hydrogen (secondary N) is 1. The number of carbonyl (C=O) groups is 1. The van der Waals surface area contributed by atoms with Gasteiger partial charge >= 0.3 is 0 Å². The number of anilines is 2. The van der Waals surface area contributed by atoms with Crippen molar-refractivity contribution in [2.75, 3.05) is 32.1 Å². The van der Waals surface area contributed by atoms with Crippen LogP contribution < -0.4 is 14.8 Å². The monoisotopic (exact) mass is 629 g/mol. The van der Waals surface area contributed by atoms with E-state index in [1.54, 1.807) is 12.1 Å². The van der Waals surface area contributed by atoms with E-state index in [0.29, 0.717) is 44.9 Å². The molecule has 1 aliphatic heterocycles. The maximum Gasteiger partial charge on any atom is 0.289 e. The Balaban J connectivity index is 1.57. The van der Waals surface area contributed by atoms with Crippen LogP contribution in [-0.2, 0) is 21.2 Å². The number of ether oxygens (including phenoxy) is 2. The summed E-state index contributed by atoms with van der Waals surface area (Å²) in [5.41, 5.74) is 3.12. The van der Waals surface area contributed by atoms with Crippen LogP contribution in [0.25, 0.3) is 10.9 Å². The lowest BCUT2D eigenvalue weighted by Crippen LogP contribution is -2.34. The highest BCUT2D eigenvalue weighted by Gasteiger charge is 2.31. The van der Waals surface area contributed by atoms with E-state index >= 15 is 0 Å². The molecule has 0 atom stereocenters. The van der Waals surface area contributed by atoms with Gasteiger partial charge in [-0.25, -0.2) is 8.42 Å². The molecule has 0 amide bonds. The Labute approximate surface area is 260 Å². The lowest BCUT2D eigenvalue weighted by Gasteiger charge is -2.22. The number of benzene rings is 3. The summed E-state index contributed by atoms with van der Waals surface area (Å²) in [6, 6.07) is 16.4. The summed E-state index contributed by atoms with van der Waals surface area (Å²) < 4.78 is 40.2. The summed E-state index contributed by atoms with van der Waals surface area (Å²) in [6.07, 6.45) is 2.09. The van der Waals surface area contributed by atoms with E-state index in [9.17, 15) is 28.6 Å². The first-order valence-electron chi connectivity index (χ1n) is 14.3. The number of para-hydroxylation sites is 1. The first-order chi connectivity index (χ1) is 21.6. The van der Waals surface area contributed by atoms with Gasteiger partial charge in [0, 0.05) is 55.3 Å². The number of methoxy groups -OCH3 is 1. The maximum atomic E-state index is 13.7. The number of rotatable bonds is 4. The summed E-state index contributed by atoms with van der Waals surface area (Å²) in [5.74, 6) is 0.654. The summed E-state index contributed by atoms with van der Waals surface area (Å²) in [4.78, 5) is 28.1. The van der Waals surface area contributed by atoms with Gasteiger partial charge in [0.25, 0.3) is 5.69 Å². The van der Waals surface area contributed by atoms with Crippen molar-refractivity contribution >= 4 is 43.8 Å². The number of nitrogens with zero attached hydrogens (tertiary/aromatic N) is 4. The van der Waals surface area contributed by atoms with Gasteiger partial charge in [-0.3, -0.25) is 19.9 Å². The van der Waals surface area contributed by atoms with E-state index in [1.165, 1.54) is 35.8 Å². The highest BCUT2D eigenvalue weighted by Crippen LogP contribution is 2.38. The number of nitriles is 1. The Morgan fingerprint density at radius 1 is 1.13 bits per heavy atom. The van der Waals surface area contributed by atoms with Gasteiger partial charge in [-0.2, -0.15) is 9.57 Å². The number of hydrogen-bond donors (Lipinski definition) is 1. The third kappa shape index (κ3) is 6.72. The number of sulfonamides is 1. The van der Waals surface area contributed by atoms with Crippen LogP contribution in [0.15, 0.2) is 65.7 Å². The topological polar surface area (TPSA) is 165 Å². The molecule has 1 aliphatic rings. The molecule has 5 rings (SSSR count). The molecule has 2 bridgehead atoms. The fourth-order valence-corrected chi connectivity index (χ4v) is 6.96. The Kier molecular flexibility index (Phi) is 9.26. The van der Waals surface area contributed by atoms with E-state index in [-0.39, 0.29) is 51.2 Å². The zero-order valence-electron chi connectivity index (χ0n) is 24.8. The molecule has 12 nitrogen and oxygen atoms in total. The van der Waals surface area contributed by atoms with Crippen molar-refractivity contribution in [1.29, 1.82) is 5.26 Å². The standard InChI is InChI=1S/C32H31N5O7S/c1-21-10-11-22-16-24(38)7-5-12-36(45(41,42)31-9-4-3-8-28(31)37(39)40)13-6-14-44-30-17-25-27(18-29(30)43-2)34-20-23(19-33)32(25)35-26(22)15-21/h3-4,8-11,15,17-18,20,35H,5-7,12-14,16H2,1-2H3. The lowest BCUT2D eigenvalue weighted by atomic mass is 10.0. The van der Waals surface area contributed by atoms with Crippen LogP contribution in [0.1, 0.15) is 36.0 Å². The number of nitro groups is 1. The molecule has 45 heavy (non-hydrogen) atoms. The number of carbonyl (C=O) groups excluding carboxylic acids is 1. The van der Waals surface area contributed by atoms with Crippen LogP contribution in [0.4, 0.5) is 17.1 Å². The molecule has 0 fully saturated rings. The first-order valence-corrected chi connectivity index (χ1v) is 15.7. The minimum atomic E-state index is -4.28. The van der Waals surface area contributed by atoms with Crippen LogP contribution in [-0.4, -0.2) is 55.2 Å². The fraction of sp³-hybridized carbons (Fsp3) is 0.281. The lowest BCUT2D eigenvalue weighted by molar-refractivity contribution is -0.387. The van der Waals surface area contributed by atoms with E-state index in [4.69, 9.17) is 9.47 Å². The van der Waals surface area contributed by atoms with Crippen molar-refractivity contribution in [3.05, 3.63) is 87.6 Å².